The highest BCUT2D eigenvalue weighted by Gasteiger charge is 2.18. The Morgan fingerprint density at radius 3 is 2.29 bits per heavy atom. The summed E-state index contributed by atoms with van der Waals surface area (Å²) in [7, 11) is 2.07. The lowest BCUT2D eigenvalue weighted by Crippen LogP contribution is -2.47. The van der Waals surface area contributed by atoms with Crippen molar-refractivity contribution in [3.63, 3.8) is 0 Å². The van der Waals surface area contributed by atoms with Crippen LogP contribution >= 0.6 is 0 Å². The van der Waals surface area contributed by atoms with Gasteiger partial charge in [0.15, 0.2) is 0 Å². The largest absolute Gasteiger partial charge is 0.444 e. The molecule has 0 spiro atoms. The summed E-state index contributed by atoms with van der Waals surface area (Å²) in [6.07, 6.45) is 1.74. The Labute approximate surface area is 127 Å². The molecule has 1 aliphatic heterocycles. The van der Waals surface area contributed by atoms with Crippen molar-refractivity contribution in [2.75, 3.05) is 39.8 Å². The first-order valence-corrected chi connectivity index (χ1v) is 7.71. The summed E-state index contributed by atoms with van der Waals surface area (Å²) in [5.41, 5.74) is -0.471. The fraction of sp³-hybridized carbons (Fsp3) is 0.867. The molecule has 0 saturated carbocycles. The van der Waals surface area contributed by atoms with Crippen molar-refractivity contribution in [2.24, 2.45) is 0 Å². The summed E-state index contributed by atoms with van der Waals surface area (Å²) in [6.45, 7) is 9.60. The van der Waals surface area contributed by atoms with Crippen molar-refractivity contribution < 1.29 is 14.3 Å². The molecule has 1 fully saturated rings. The fourth-order valence-electron chi connectivity index (χ4n) is 2.12. The highest BCUT2D eigenvalue weighted by atomic mass is 16.6. The molecule has 6 nitrogen and oxygen atoms in total. The Hall–Kier alpha value is -1.30. The number of piperazine rings is 1. The van der Waals surface area contributed by atoms with Gasteiger partial charge < -0.3 is 19.9 Å². The van der Waals surface area contributed by atoms with E-state index in [1.165, 1.54) is 0 Å². The predicted octanol–water partition coefficient (Wildman–Crippen LogP) is 1.46. The zero-order valence-corrected chi connectivity index (χ0v) is 13.8. The molecule has 1 aliphatic rings. The lowest BCUT2D eigenvalue weighted by Gasteiger charge is -2.32. The lowest BCUT2D eigenvalue weighted by molar-refractivity contribution is -0.132. The van der Waals surface area contributed by atoms with Gasteiger partial charge >= 0.3 is 6.09 Å². The van der Waals surface area contributed by atoms with Crippen LogP contribution in [-0.4, -0.2) is 67.2 Å². The van der Waals surface area contributed by atoms with E-state index < -0.39 is 11.7 Å². The second-order valence-corrected chi connectivity index (χ2v) is 6.57. The van der Waals surface area contributed by atoms with Crippen molar-refractivity contribution in [2.45, 2.75) is 45.6 Å². The van der Waals surface area contributed by atoms with Crippen molar-refractivity contribution in [3.05, 3.63) is 0 Å². The minimum Gasteiger partial charge on any atom is -0.444 e. The number of unbranched alkanes of at least 4 members (excludes halogenated alkanes) is 1. The Kier molecular flexibility index (Phi) is 6.95. The minimum absolute atomic E-state index is 0.223. The second-order valence-electron chi connectivity index (χ2n) is 6.57. The quantitative estimate of drug-likeness (QED) is 0.781. The van der Waals surface area contributed by atoms with Gasteiger partial charge in [0.2, 0.25) is 5.91 Å². The van der Waals surface area contributed by atoms with Gasteiger partial charge in [0.05, 0.1) is 0 Å². The molecule has 0 bridgehead atoms. The summed E-state index contributed by atoms with van der Waals surface area (Å²) in [5.74, 6) is 0.223. The van der Waals surface area contributed by atoms with E-state index in [1.54, 1.807) is 0 Å². The number of carbonyl (C=O) groups excluding carboxylic acids is 2. The third kappa shape index (κ3) is 7.90. The molecule has 21 heavy (non-hydrogen) atoms. The maximum atomic E-state index is 12.0. The number of hydrogen-bond donors (Lipinski definition) is 1. The molecule has 0 aromatic heterocycles. The van der Waals surface area contributed by atoms with Crippen molar-refractivity contribution >= 4 is 12.0 Å². The molecule has 1 heterocycles. The first kappa shape index (κ1) is 17.8. The highest BCUT2D eigenvalue weighted by molar-refractivity contribution is 5.76. The van der Waals surface area contributed by atoms with Crippen molar-refractivity contribution in [1.29, 1.82) is 0 Å². The molecule has 0 aromatic rings. The SMILES string of the molecule is CN1CCN(C(=O)CCCCNC(=O)OC(C)(C)C)CC1. The van der Waals surface area contributed by atoms with Crippen LogP contribution in [0.2, 0.25) is 0 Å². The fourth-order valence-corrected chi connectivity index (χ4v) is 2.12. The Morgan fingerprint density at radius 2 is 1.71 bits per heavy atom. The number of alkyl carbamates (subject to hydrolysis) is 1. The third-order valence-corrected chi connectivity index (χ3v) is 3.34. The predicted molar refractivity (Wildman–Crippen MR) is 82.2 cm³/mol. The maximum Gasteiger partial charge on any atom is 0.407 e. The molecule has 0 unspecified atom stereocenters. The zero-order chi connectivity index (χ0) is 15.9. The molecule has 0 aromatic carbocycles. The molecular formula is C15H29N3O3. The average molecular weight is 299 g/mol. The van der Waals surface area contributed by atoms with Crippen LogP contribution in [0.1, 0.15) is 40.0 Å². The normalized spacial score (nSPS) is 16.7. The summed E-state index contributed by atoms with van der Waals surface area (Å²) in [4.78, 5) is 27.6. The third-order valence-electron chi connectivity index (χ3n) is 3.34. The van der Waals surface area contributed by atoms with Crippen LogP contribution in [0, 0.1) is 0 Å². The molecule has 122 valence electrons. The Bertz CT molecular complexity index is 345. The van der Waals surface area contributed by atoms with E-state index in [2.05, 4.69) is 17.3 Å². The topological polar surface area (TPSA) is 61.9 Å². The second kappa shape index (κ2) is 8.22. The molecule has 1 rings (SSSR count). The summed E-state index contributed by atoms with van der Waals surface area (Å²) in [6, 6.07) is 0. The van der Waals surface area contributed by atoms with Gasteiger partial charge in [-0.15, -0.1) is 0 Å². The Morgan fingerprint density at radius 1 is 1.10 bits per heavy atom. The molecule has 6 heteroatoms. The first-order chi connectivity index (χ1) is 9.78. The number of ether oxygens (including phenoxy) is 1. The molecular weight excluding hydrogens is 270 g/mol. The van der Waals surface area contributed by atoms with Crippen molar-refractivity contribution in [3.8, 4) is 0 Å². The molecule has 0 atom stereocenters. The standard InChI is InChI=1S/C15H29N3O3/c1-15(2,3)21-14(20)16-8-6-5-7-13(19)18-11-9-17(4)10-12-18/h5-12H2,1-4H3,(H,16,20). The van der Waals surface area contributed by atoms with Crippen LogP contribution in [-0.2, 0) is 9.53 Å². The lowest BCUT2D eigenvalue weighted by atomic mass is 10.2. The molecule has 2 amide bonds. The number of nitrogens with zero attached hydrogens (tertiary/aromatic N) is 2. The van der Waals surface area contributed by atoms with E-state index in [-0.39, 0.29) is 5.91 Å². The summed E-state index contributed by atoms with van der Waals surface area (Å²) >= 11 is 0. The first-order valence-electron chi connectivity index (χ1n) is 7.71. The number of nitrogens with one attached hydrogen (secondary N) is 1. The molecule has 0 aliphatic carbocycles. The Balaban J connectivity index is 2.06. The van der Waals surface area contributed by atoms with Crippen LogP contribution in [0.15, 0.2) is 0 Å². The number of carbonyl (C=O) groups is 2. The van der Waals surface area contributed by atoms with Gasteiger partial charge in [0.25, 0.3) is 0 Å². The molecule has 1 saturated heterocycles. The van der Waals surface area contributed by atoms with Crippen LogP contribution in [0.4, 0.5) is 4.79 Å². The van der Waals surface area contributed by atoms with Crippen molar-refractivity contribution in [1.82, 2.24) is 15.1 Å². The van der Waals surface area contributed by atoms with E-state index in [0.29, 0.717) is 13.0 Å². The van der Waals surface area contributed by atoms with Crippen LogP contribution in [0.25, 0.3) is 0 Å². The number of amides is 2. The smallest absolute Gasteiger partial charge is 0.407 e. The van der Waals surface area contributed by atoms with Gasteiger partial charge in [-0.1, -0.05) is 0 Å². The van der Waals surface area contributed by atoms with E-state index in [1.807, 2.05) is 25.7 Å². The van der Waals surface area contributed by atoms with Gasteiger partial charge in [0.1, 0.15) is 5.60 Å². The number of rotatable bonds is 5. The van der Waals surface area contributed by atoms with Gasteiger partial charge in [-0.05, 0) is 40.7 Å². The minimum atomic E-state index is -0.471. The summed E-state index contributed by atoms with van der Waals surface area (Å²) in [5, 5.41) is 2.71. The summed E-state index contributed by atoms with van der Waals surface area (Å²) < 4.78 is 5.14. The van der Waals surface area contributed by atoms with E-state index in [9.17, 15) is 9.59 Å². The highest BCUT2D eigenvalue weighted by Crippen LogP contribution is 2.07. The monoisotopic (exact) mass is 299 g/mol. The number of likely N-dealkylation sites (N-methyl/N-ethyl adjacent to an activating group) is 1. The van der Waals surface area contributed by atoms with Crippen LogP contribution < -0.4 is 5.32 Å². The molecule has 0 radical (unpaired) electrons. The van der Waals surface area contributed by atoms with Crippen LogP contribution in [0.3, 0.4) is 0 Å². The van der Waals surface area contributed by atoms with Gasteiger partial charge in [-0.3, -0.25) is 4.79 Å². The molecule has 1 N–H and O–H groups in total. The zero-order valence-electron chi connectivity index (χ0n) is 13.8. The van der Waals surface area contributed by atoms with E-state index >= 15 is 0 Å². The van der Waals surface area contributed by atoms with Crippen LogP contribution in [0.5, 0.6) is 0 Å². The number of hydrogen-bond acceptors (Lipinski definition) is 4. The maximum absolute atomic E-state index is 12.0. The average Bonchev–Trinajstić information content (AvgIpc) is 2.36. The van der Waals surface area contributed by atoms with Gasteiger partial charge in [-0.2, -0.15) is 0 Å². The van der Waals surface area contributed by atoms with Gasteiger partial charge in [-0.25, -0.2) is 4.79 Å². The van der Waals surface area contributed by atoms with E-state index in [0.717, 1.165) is 39.0 Å². The van der Waals surface area contributed by atoms with E-state index in [4.69, 9.17) is 4.74 Å². The van der Waals surface area contributed by atoms with Gasteiger partial charge in [0, 0.05) is 39.1 Å².